The molecule has 1 aliphatic rings. The van der Waals surface area contributed by atoms with Gasteiger partial charge in [0, 0.05) is 13.5 Å². The fraction of sp³-hybridized carbons (Fsp3) is 0.889. The van der Waals surface area contributed by atoms with E-state index in [0.717, 1.165) is 12.8 Å². The van der Waals surface area contributed by atoms with Crippen molar-refractivity contribution >= 4 is 5.91 Å². The van der Waals surface area contributed by atoms with Gasteiger partial charge in [-0.2, -0.15) is 0 Å². The maximum atomic E-state index is 10.9. The van der Waals surface area contributed by atoms with Gasteiger partial charge in [0.05, 0.1) is 12.1 Å². The normalized spacial score (nSPS) is 33.3. The van der Waals surface area contributed by atoms with E-state index in [1.807, 2.05) is 0 Å². The lowest BCUT2D eigenvalue weighted by atomic mass is 9.97. The summed E-state index contributed by atoms with van der Waals surface area (Å²) in [6.07, 6.45) is 2.31. The van der Waals surface area contributed by atoms with Crippen molar-refractivity contribution < 1.29 is 15.0 Å². The number of carbonyl (C=O) groups excluding carboxylic acids is 1. The summed E-state index contributed by atoms with van der Waals surface area (Å²) in [5.74, 6) is 0.103. The molecule has 0 bridgehead atoms. The Balaban J connectivity index is 2.57. The van der Waals surface area contributed by atoms with Crippen LogP contribution in [0.15, 0.2) is 0 Å². The Bertz CT molecular complexity index is 195. The first-order valence-corrected chi connectivity index (χ1v) is 4.62. The van der Waals surface area contributed by atoms with Gasteiger partial charge < -0.3 is 15.5 Å². The summed E-state index contributed by atoms with van der Waals surface area (Å²) >= 11 is 0. The van der Waals surface area contributed by atoms with Crippen LogP contribution in [0.25, 0.3) is 0 Å². The molecule has 2 atom stereocenters. The molecule has 2 unspecified atom stereocenters. The molecule has 1 saturated carbocycles. The van der Waals surface area contributed by atoms with E-state index in [-0.39, 0.29) is 25.0 Å². The van der Waals surface area contributed by atoms with Gasteiger partial charge in [-0.3, -0.25) is 4.79 Å². The van der Waals surface area contributed by atoms with Crippen LogP contribution in [-0.2, 0) is 4.79 Å². The standard InChI is InChI=1S/C9H17NO3/c1-7(13)10-9(6-12)3-2-8(4-9)5-11/h8,11-12H,2-6H2,1H3,(H,10,13). The Hall–Kier alpha value is -0.610. The zero-order chi connectivity index (χ0) is 9.90. The Morgan fingerprint density at radius 1 is 1.62 bits per heavy atom. The van der Waals surface area contributed by atoms with E-state index >= 15 is 0 Å². The molecule has 13 heavy (non-hydrogen) atoms. The lowest BCUT2D eigenvalue weighted by Crippen LogP contribution is -2.48. The summed E-state index contributed by atoms with van der Waals surface area (Å²) in [4.78, 5) is 10.9. The molecule has 1 rings (SSSR count). The lowest BCUT2D eigenvalue weighted by molar-refractivity contribution is -0.121. The number of aliphatic hydroxyl groups excluding tert-OH is 2. The molecule has 0 aromatic rings. The predicted molar refractivity (Wildman–Crippen MR) is 48.1 cm³/mol. The minimum atomic E-state index is -0.473. The average Bonchev–Trinajstić information content (AvgIpc) is 2.48. The van der Waals surface area contributed by atoms with Crippen LogP contribution < -0.4 is 5.32 Å². The number of carbonyl (C=O) groups is 1. The zero-order valence-corrected chi connectivity index (χ0v) is 7.92. The SMILES string of the molecule is CC(=O)NC1(CO)CCC(CO)C1. The van der Waals surface area contributed by atoms with Crippen LogP contribution in [0.1, 0.15) is 26.2 Å². The second kappa shape index (κ2) is 4.07. The number of amides is 1. The van der Waals surface area contributed by atoms with Crippen molar-refractivity contribution in [3.63, 3.8) is 0 Å². The third-order valence-electron chi connectivity index (χ3n) is 2.71. The molecule has 1 aliphatic carbocycles. The van der Waals surface area contributed by atoms with Crippen molar-refractivity contribution in [3.8, 4) is 0 Å². The van der Waals surface area contributed by atoms with E-state index in [4.69, 9.17) is 5.11 Å². The molecule has 0 saturated heterocycles. The first-order chi connectivity index (χ1) is 6.12. The van der Waals surface area contributed by atoms with Gasteiger partial charge in [-0.15, -0.1) is 0 Å². The van der Waals surface area contributed by atoms with E-state index in [0.29, 0.717) is 6.42 Å². The third kappa shape index (κ3) is 2.42. The number of hydrogen-bond donors (Lipinski definition) is 3. The van der Waals surface area contributed by atoms with Crippen LogP contribution in [0.2, 0.25) is 0 Å². The summed E-state index contributed by atoms with van der Waals surface area (Å²) in [6, 6.07) is 0. The Kier molecular flexibility index (Phi) is 3.27. The van der Waals surface area contributed by atoms with E-state index in [1.165, 1.54) is 6.92 Å². The second-order valence-corrected chi connectivity index (χ2v) is 3.91. The summed E-state index contributed by atoms with van der Waals surface area (Å²) in [7, 11) is 0. The molecule has 0 aliphatic heterocycles. The van der Waals surface area contributed by atoms with Gasteiger partial charge in [0.25, 0.3) is 0 Å². The van der Waals surface area contributed by atoms with E-state index in [1.54, 1.807) is 0 Å². The topological polar surface area (TPSA) is 69.6 Å². The van der Waals surface area contributed by atoms with Gasteiger partial charge in [0.2, 0.25) is 5.91 Å². The fourth-order valence-electron chi connectivity index (χ4n) is 2.06. The van der Waals surface area contributed by atoms with Gasteiger partial charge in [-0.25, -0.2) is 0 Å². The minimum Gasteiger partial charge on any atom is -0.396 e. The third-order valence-corrected chi connectivity index (χ3v) is 2.71. The van der Waals surface area contributed by atoms with Crippen molar-refractivity contribution in [2.45, 2.75) is 31.7 Å². The first kappa shape index (κ1) is 10.5. The molecule has 1 amide bonds. The van der Waals surface area contributed by atoms with Gasteiger partial charge in [-0.05, 0) is 25.2 Å². The number of hydrogen-bond acceptors (Lipinski definition) is 3. The van der Waals surface area contributed by atoms with Crippen molar-refractivity contribution in [1.82, 2.24) is 5.32 Å². The summed E-state index contributed by atoms with van der Waals surface area (Å²) in [5.41, 5.74) is -0.473. The molecular formula is C9H17NO3. The van der Waals surface area contributed by atoms with E-state index < -0.39 is 5.54 Å². The van der Waals surface area contributed by atoms with Crippen LogP contribution in [-0.4, -0.2) is 34.9 Å². The summed E-state index contributed by atoms with van der Waals surface area (Å²) in [5, 5.41) is 20.9. The zero-order valence-electron chi connectivity index (χ0n) is 7.92. The molecule has 1 fully saturated rings. The number of nitrogens with one attached hydrogen (secondary N) is 1. The maximum absolute atomic E-state index is 10.9. The molecular weight excluding hydrogens is 170 g/mol. The van der Waals surface area contributed by atoms with Crippen molar-refractivity contribution in [1.29, 1.82) is 0 Å². The minimum absolute atomic E-state index is 0.0386. The highest BCUT2D eigenvalue weighted by atomic mass is 16.3. The molecule has 0 aromatic heterocycles. The molecule has 0 heterocycles. The van der Waals surface area contributed by atoms with Gasteiger partial charge >= 0.3 is 0 Å². The maximum Gasteiger partial charge on any atom is 0.217 e. The Morgan fingerprint density at radius 3 is 2.69 bits per heavy atom. The van der Waals surface area contributed by atoms with E-state index in [9.17, 15) is 9.90 Å². The first-order valence-electron chi connectivity index (χ1n) is 4.62. The molecule has 0 radical (unpaired) electrons. The molecule has 3 N–H and O–H groups in total. The van der Waals surface area contributed by atoms with Crippen molar-refractivity contribution in [2.75, 3.05) is 13.2 Å². The van der Waals surface area contributed by atoms with Gasteiger partial charge in [0.15, 0.2) is 0 Å². The van der Waals surface area contributed by atoms with Crippen molar-refractivity contribution in [3.05, 3.63) is 0 Å². The molecule has 0 spiro atoms. The van der Waals surface area contributed by atoms with Gasteiger partial charge in [-0.1, -0.05) is 0 Å². The monoisotopic (exact) mass is 187 g/mol. The molecule has 4 nitrogen and oxygen atoms in total. The average molecular weight is 187 g/mol. The second-order valence-electron chi connectivity index (χ2n) is 3.91. The summed E-state index contributed by atoms with van der Waals surface area (Å²) in [6.45, 7) is 1.55. The van der Waals surface area contributed by atoms with Crippen LogP contribution in [0, 0.1) is 5.92 Å². The quantitative estimate of drug-likeness (QED) is 0.565. The highest BCUT2D eigenvalue weighted by molar-refractivity contribution is 5.73. The summed E-state index contributed by atoms with van der Waals surface area (Å²) < 4.78 is 0. The molecule has 0 aromatic carbocycles. The van der Waals surface area contributed by atoms with Crippen LogP contribution in [0.5, 0.6) is 0 Å². The number of aliphatic hydroxyl groups is 2. The van der Waals surface area contributed by atoms with Crippen LogP contribution in [0.4, 0.5) is 0 Å². The van der Waals surface area contributed by atoms with Gasteiger partial charge in [0.1, 0.15) is 0 Å². The fourth-order valence-corrected chi connectivity index (χ4v) is 2.06. The Labute approximate surface area is 78.0 Å². The Morgan fingerprint density at radius 2 is 2.31 bits per heavy atom. The lowest BCUT2D eigenvalue weighted by Gasteiger charge is -2.27. The van der Waals surface area contributed by atoms with Crippen LogP contribution >= 0.6 is 0 Å². The predicted octanol–water partition coefficient (Wildman–Crippen LogP) is -0.354. The smallest absolute Gasteiger partial charge is 0.217 e. The number of rotatable bonds is 3. The molecule has 76 valence electrons. The van der Waals surface area contributed by atoms with Crippen molar-refractivity contribution in [2.24, 2.45) is 5.92 Å². The largest absolute Gasteiger partial charge is 0.396 e. The highest BCUT2D eigenvalue weighted by Gasteiger charge is 2.38. The highest BCUT2D eigenvalue weighted by Crippen LogP contribution is 2.33. The molecule has 4 heteroatoms. The van der Waals surface area contributed by atoms with E-state index in [2.05, 4.69) is 5.32 Å². The van der Waals surface area contributed by atoms with Crippen LogP contribution in [0.3, 0.4) is 0 Å².